The van der Waals surface area contributed by atoms with E-state index in [-0.39, 0.29) is 11.9 Å². The van der Waals surface area contributed by atoms with Crippen molar-refractivity contribution in [1.29, 1.82) is 0 Å². The first-order valence-electron chi connectivity index (χ1n) is 5.74. The molecule has 1 rings (SSSR count). The van der Waals surface area contributed by atoms with Crippen LogP contribution < -0.4 is 0 Å². The molecule has 90 valence electrons. The van der Waals surface area contributed by atoms with E-state index in [1.54, 1.807) is 13.8 Å². The minimum atomic E-state index is -0.281. The molecule has 1 fully saturated rings. The maximum atomic E-state index is 11.1. The zero-order valence-electron chi connectivity index (χ0n) is 9.94. The zero-order chi connectivity index (χ0) is 12.0. The fourth-order valence-electron chi connectivity index (χ4n) is 1.81. The third-order valence-corrected chi connectivity index (χ3v) is 2.78. The predicted octanol–water partition coefficient (Wildman–Crippen LogP) is 1.36. The number of ether oxygens (including phenoxy) is 1. The minimum Gasteiger partial charge on any atom is -0.463 e. The maximum Gasteiger partial charge on any atom is 0.330 e. The van der Waals surface area contributed by atoms with Gasteiger partial charge in [0.25, 0.3) is 0 Å². The van der Waals surface area contributed by atoms with E-state index in [9.17, 15) is 9.59 Å². The van der Waals surface area contributed by atoms with Crippen LogP contribution in [0.5, 0.6) is 0 Å². The van der Waals surface area contributed by atoms with E-state index < -0.39 is 0 Å². The van der Waals surface area contributed by atoms with Gasteiger partial charge in [0, 0.05) is 26.1 Å². The van der Waals surface area contributed by atoms with Gasteiger partial charge >= 0.3 is 5.97 Å². The van der Waals surface area contributed by atoms with Gasteiger partial charge in [-0.05, 0) is 25.7 Å². The van der Waals surface area contributed by atoms with Crippen LogP contribution in [0.3, 0.4) is 0 Å². The van der Waals surface area contributed by atoms with Crippen molar-refractivity contribution < 1.29 is 14.3 Å². The second-order valence-corrected chi connectivity index (χ2v) is 3.95. The molecular formula is C12H19NO3. The fraction of sp³-hybridized carbons (Fsp3) is 0.667. The molecule has 0 bridgehead atoms. The number of rotatable bonds is 3. The zero-order valence-corrected chi connectivity index (χ0v) is 9.94. The Morgan fingerprint density at radius 2 is 2.00 bits per heavy atom. The number of hydrogen-bond donors (Lipinski definition) is 0. The highest BCUT2D eigenvalue weighted by atomic mass is 16.5. The molecule has 1 aliphatic rings. The summed E-state index contributed by atoms with van der Waals surface area (Å²) in [5.41, 5.74) is 0. The summed E-state index contributed by atoms with van der Waals surface area (Å²) in [5, 5.41) is 0. The molecule has 0 spiro atoms. The van der Waals surface area contributed by atoms with E-state index in [0.717, 1.165) is 25.9 Å². The van der Waals surface area contributed by atoms with Gasteiger partial charge in [-0.15, -0.1) is 0 Å². The molecule has 1 saturated heterocycles. The lowest BCUT2D eigenvalue weighted by atomic mass is 9.96. The maximum absolute atomic E-state index is 11.1. The third-order valence-electron chi connectivity index (χ3n) is 2.78. The summed E-state index contributed by atoms with van der Waals surface area (Å²) >= 11 is 0. The van der Waals surface area contributed by atoms with Crippen LogP contribution >= 0.6 is 0 Å². The second kappa shape index (κ2) is 6.30. The minimum absolute atomic E-state index is 0.132. The van der Waals surface area contributed by atoms with Crippen molar-refractivity contribution in [3.8, 4) is 0 Å². The second-order valence-electron chi connectivity index (χ2n) is 3.95. The molecule has 0 aliphatic carbocycles. The number of hydrogen-bond acceptors (Lipinski definition) is 3. The lowest BCUT2D eigenvalue weighted by molar-refractivity contribution is -0.137. The molecule has 0 saturated carbocycles. The van der Waals surface area contributed by atoms with Gasteiger partial charge in [0.05, 0.1) is 6.61 Å². The smallest absolute Gasteiger partial charge is 0.330 e. The van der Waals surface area contributed by atoms with Gasteiger partial charge in [0.15, 0.2) is 0 Å². The fourth-order valence-corrected chi connectivity index (χ4v) is 1.81. The third kappa shape index (κ3) is 4.04. The van der Waals surface area contributed by atoms with E-state index >= 15 is 0 Å². The SMILES string of the molecule is CCOC(=O)/C=C/C1CCN(C(C)=O)CC1. The summed E-state index contributed by atoms with van der Waals surface area (Å²) in [6, 6.07) is 0. The summed E-state index contributed by atoms with van der Waals surface area (Å²) in [5.74, 6) is 0.240. The Hall–Kier alpha value is -1.32. The van der Waals surface area contributed by atoms with Crippen LogP contribution in [-0.2, 0) is 14.3 Å². The highest BCUT2D eigenvalue weighted by molar-refractivity contribution is 5.81. The Morgan fingerprint density at radius 1 is 1.38 bits per heavy atom. The predicted molar refractivity (Wildman–Crippen MR) is 60.8 cm³/mol. The number of esters is 1. The summed E-state index contributed by atoms with van der Waals surface area (Å²) in [6.07, 6.45) is 5.25. The van der Waals surface area contributed by atoms with Gasteiger partial charge in [-0.2, -0.15) is 0 Å². The lowest BCUT2D eigenvalue weighted by Gasteiger charge is -2.29. The molecule has 1 aliphatic heterocycles. The molecule has 0 aromatic heterocycles. The quantitative estimate of drug-likeness (QED) is 0.538. The molecule has 0 radical (unpaired) electrons. The highest BCUT2D eigenvalue weighted by Crippen LogP contribution is 2.18. The number of allylic oxidation sites excluding steroid dienone is 1. The van der Waals surface area contributed by atoms with Gasteiger partial charge in [-0.1, -0.05) is 6.08 Å². The van der Waals surface area contributed by atoms with Crippen molar-refractivity contribution in [1.82, 2.24) is 4.90 Å². The van der Waals surface area contributed by atoms with Crippen LogP contribution in [0, 0.1) is 5.92 Å². The number of nitrogens with zero attached hydrogens (tertiary/aromatic N) is 1. The largest absolute Gasteiger partial charge is 0.463 e. The van der Waals surface area contributed by atoms with Crippen molar-refractivity contribution in [3.05, 3.63) is 12.2 Å². The molecule has 1 heterocycles. The number of carbonyl (C=O) groups is 2. The van der Waals surface area contributed by atoms with Crippen molar-refractivity contribution in [2.24, 2.45) is 5.92 Å². The highest BCUT2D eigenvalue weighted by Gasteiger charge is 2.18. The Morgan fingerprint density at radius 3 is 2.50 bits per heavy atom. The van der Waals surface area contributed by atoms with Gasteiger partial charge in [-0.25, -0.2) is 4.79 Å². The number of likely N-dealkylation sites (tertiary alicyclic amines) is 1. The van der Waals surface area contributed by atoms with Gasteiger partial charge in [0.1, 0.15) is 0 Å². The molecular weight excluding hydrogens is 206 g/mol. The molecule has 1 amide bonds. The van der Waals surface area contributed by atoms with E-state index in [4.69, 9.17) is 4.74 Å². The Labute approximate surface area is 96.3 Å². The first-order chi connectivity index (χ1) is 7.63. The molecule has 4 nitrogen and oxygen atoms in total. The van der Waals surface area contributed by atoms with Gasteiger partial charge in [-0.3, -0.25) is 4.79 Å². The molecule has 0 N–H and O–H groups in total. The van der Waals surface area contributed by atoms with Crippen LogP contribution in [0.1, 0.15) is 26.7 Å². The Kier molecular flexibility index (Phi) is 5.02. The van der Waals surface area contributed by atoms with Gasteiger partial charge < -0.3 is 9.64 Å². The van der Waals surface area contributed by atoms with Crippen molar-refractivity contribution in [2.45, 2.75) is 26.7 Å². The number of carbonyl (C=O) groups excluding carboxylic acids is 2. The number of amides is 1. The average Bonchev–Trinajstić information content (AvgIpc) is 2.27. The molecule has 0 atom stereocenters. The normalized spacial score (nSPS) is 17.8. The van der Waals surface area contributed by atoms with Crippen LogP contribution in [0.15, 0.2) is 12.2 Å². The van der Waals surface area contributed by atoms with E-state index in [2.05, 4.69) is 0 Å². The summed E-state index contributed by atoms with van der Waals surface area (Å²) in [4.78, 5) is 24.0. The molecule has 16 heavy (non-hydrogen) atoms. The average molecular weight is 225 g/mol. The van der Waals surface area contributed by atoms with Crippen LogP contribution in [0.2, 0.25) is 0 Å². The van der Waals surface area contributed by atoms with Crippen LogP contribution in [-0.4, -0.2) is 36.5 Å². The van der Waals surface area contributed by atoms with Crippen molar-refractivity contribution in [3.63, 3.8) is 0 Å². The van der Waals surface area contributed by atoms with Gasteiger partial charge in [0.2, 0.25) is 5.91 Å². The number of piperidine rings is 1. The van der Waals surface area contributed by atoms with Crippen LogP contribution in [0.25, 0.3) is 0 Å². The molecule has 4 heteroatoms. The summed E-state index contributed by atoms with van der Waals surface area (Å²) in [7, 11) is 0. The summed E-state index contributed by atoms with van der Waals surface area (Å²) in [6.45, 7) is 5.36. The van der Waals surface area contributed by atoms with Crippen molar-refractivity contribution in [2.75, 3.05) is 19.7 Å². The molecule has 0 aromatic rings. The first-order valence-corrected chi connectivity index (χ1v) is 5.74. The van der Waals surface area contributed by atoms with Crippen LogP contribution in [0.4, 0.5) is 0 Å². The first kappa shape index (κ1) is 12.7. The molecule has 0 unspecified atom stereocenters. The lowest BCUT2D eigenvalue weighted by Crippen LogP contribution is -2.36. The van der Waals surface area contributed by atoms with Crippen molar-refractivity contribution >= 4 is 11.9 Å². The van der Waals surface area contributed by atoms with E-state index in [1.807, 2.05) is 11.0 Å². The monoisotopic (exact) mass is 225 g/mol. The van der Waals surface area contributed by atoms with E-state index in [0.29, 0.717) is 12.5 Å². The topological polar surface area (TPSA) is 46.6 Å². The molecule has 0 aromatic carbocycles. The standard InChI is InChI=1S/C12H19NO3/c1-3-16-12(15)5-4-11-6-8-13(9-7-11)10(2)14/h4-5,11H,3,6-9H2,1-2H3/b5-4+. The Balaban J connectivity index is 2.31. The van der Waals surface area contributed by atoms with E-state index in [1.165, 1.54) is 6.08 Å². The Bertz CT molecular complexity index is 278. The summed E-state index contributed by atoms with van der Waals surface area (Å²) < 4.78 is 4.80.